The number of carbonyl (C=O) groups is 1. The lowest BCUT2D eigenvalue weighted by Crippen LogP contribution is -2.37. The molecule has 0 amide bonds. The maximum absolute atomic E-state index is 11.4. The van der Waals surface area contributed by atoms with Gasteiger partial charge in [0, 0.05) is 41.6 Å². The molecule has 0 unspecified atom stereocenters. The van der Waals surface area contributed by atoms with E-state index in [4.69, 9.17) is 4.74 Å². The zero-order valence-corrected chi connectivity index (χ0v) is 15.6. The summed E-state index contributed by atoms with van der Waals surface area (Å²) in [5.41, 5.74) is 3.26. The van der Waals surface area contributed by atoms with Crippen molar-refractivity contribution in [1.82, 2.24) is 9.55 Å². The second-order valence-electron chi connectivity index (χ2n) is 6.94. The van der Waals surface area contributed by atoms with Crippen LogP contribution < -0.4 is 4.74 Å². The molecule has 0 aliphatic carbocycles. The average Bonchev–Trinajstić information content (AvgIpc) is 2.87. The van der Waals surface area contributed by atoms with Gasteiger partial charge in [-0.2, -0.15) is 0 Å². The van der Waals surface area contributed by atoms with E-state index in [-0.39, 0.29) is 0 Å². The van der Waals surface area contributed by atoms with Crippen molar-refractivity contribution in [3.63, 3.8) is 0 Å². The van der Waals surface area contributed by atoms with Crippen LogP contribution in [0.1, 0.15) is 32.9 Å². The van der Waals surface area contributed by atoms with Gasteiger partial charge in [0.1, 0.15) is 5.75 Å². The van der Waals surface area contributed by atoms with E-state index in [1.807, 2.05) is 30.3 Å². The maximum Gasteiger partial charge on any atom is 0.347 e. The Hall–Kier alpha value is -2.82. The van der Waals surface area contributed by atoms with Gasteiger partial charge in [0.25, 0.3) is 0 Å². The highest BCUT2D eigenvalue weighted by Gasteiger charge is 2.29. The summed E-state index contributed by atoms with van der Waals surface area (Å²) in [6.45, 7) is 8.26. The molecular weight excluding hydrogens is 328 g/mol. The molecule has 0 aliphatic rings. The summed E-state index contributed by atoms with van der Waals surface area (Å²) in [5, 5.41) is 10.4. The van der Waals surface area contributed by atoms with Crippen molar-refractivity contribution in [1.29, 1.82) is 0 Å². The van der Waals surface area contributed by atoms with Gasteiger partial charge in [-0.15, -0.1) is 0 Å². The molecule has 5 nitrogen and oxygen atoms in total. The first-order valence-corrected chi connectivity index (χ1v) is 8.80. The summed E-state index contributed by atoms with van der Waals surface area (Å²) >= 11 is 0. The molecule has 26 heavy (non-hydrogen) atoms. The van der Waals surface area contributed by atoms with Crippen LogP contribution >= 0.6 is 0 Å². The van der Waals surface area contributed by atoms with Gasteiger partial charge in [-0.05, 0) is 57.0 Å². The van der Waals surface area contributed by atoms with Gasteiger partial charge < -0.3 is 14.4 Å². The lowest BCUT2D eigenvalue weighted by atomic mass is 10.0. The zero-order valence-electron chi connectivity index (χ0n) is 15.6. The minimum Gasteiger partial charge on any atom is -0.478 e. The number of rotatable bonds is 6. The first-order chi connectivity index (χ1) is 12.3. The van der Waals surface area contributed by atoms with Crippen molar-refractivity contribution in [2.24, 2.45) is 0 Å². The van der Waals surface area contributed by atoms with E-state index >= 15 is 0 Å². The van der Waals surface area contributed by atoms with E-state index in [1.165, 1.54) is 11.3 Å². The Bertz CT molecular complexity index is 943. The molecule has 3 aromatic rings. The van der Waals surface area contributed by atoms with Gasteiger partial charge in [0.15, 0.2) is 5.60 Å². The molecule has 2 aromatic heterocycles. The minimum absolute atomic E-state index is 0.557. The molecule has 0 aliphatic heterocycles. The van der Waals surface area contributed by atoms with E-state index in [0.29, 0.717) is 5.75 Å². The van der Waals surface area contributed by atoms with Crippen LogP contribution in [0.25, 0.3) is 22.0 Å². The third kappa shape index (κ3) is 3.17. The molecule has 2 heterocycles. The lowest BCUT2D eigenvalue weighted by Gasteiger charge is -2.21. The van der Waals surface area contributed by atoms with Crippen molar-refractivity contribution in [2.45, 2.75) is 46.3 Å². The Labute approximate surface area is 153 Å². The van der Waals surface area contributed by atoms with E-state index in [9.17, 15) is 9.90 Å². The number of carboxylic acid groups (broad SMARTS) is 1. The Morgan fingerprint density at radius 2 is 1.92 bits per heavy atom. The number of benzene rings is 1. The minimum atomic E-state index is -1.28. The predicted octanol–water partition coefficient (Wildman–Crippen LogP) is 4.66. The molecule has 0 atom stereocenters. The van der Waals surface area contributed by atoms with Crippen LogP contribution in [0.3, 0.4) is 0 Å². The Balaban J connectivity index is 2.17. The van der Waals surface area contributed by atoms with Crippen molar-refractivity contribution in [3.8, 4) is 16.9 Å². The lowest BCUT2D eigenvalue weighted by molar-refractivity contribution is -0.152. The monoisotopic (exact) mass is 352 g/mol. The number of pyridine rings is 1. The summed E-state index contributed by atoms with van der Waals surface area (Å²) in [4.78, 5) is 15.5. The van der Waals surface area contributed by atoms with Crippen molar-refractivity contribution < 1.29 is 14.6 Å². The zero-order chi connectivity index (χ0) is 18.9. The van der Waals surface area contributed by atoms with E-state index in [1.54, 1.807) is 26.2 Å². The summed E-state index contributed by atoms with van der Waals surface area (Å²) in [6, 6.07) is 9.81. The molecular formula is C21H24N2O3. The molecule has 5 heteroatoms. The fourth-order valence-electron chi connectivity index (χ4n) is 3.25. The average molecular weight is 352 g/mol. The number of aryl methyl sites for hydroxylation is 1. The second-order valence-corrected chi connectivity index (χ2v) is 6.94. The van der Waals surface area contributed by atoms with Gasteiger partial charge in [-0.1, -0.05) is 6.92 Å². The molecule has 0 fully saturated rings. The van der Waals surface area contributed by atoms with Crippen LogP contribution in [0, 0.1) is 6.92 Å². The first-order valence-electron chi connectivity index (χ1n) is 8.80. The summed E-state index contributed by atoms with van der Waals surface area (Å²) in [5.74, 6) is -0.434. The highest BCUT2D eigenvalue weighted by Crippen LogP contribution is 2.36. The highest BCUT2D eigenvalue weighted by atomic mass is 16.5. The van der Waals surface area contributed by atoms with Crippen LogP contribution in [-0.2, 0) is 11.3 Å². The first kappa shape index (κ1) is 18.0. The third-order valence-electron chi connectivity index (χ3n) is 4.60. The number of aliphatic carboxylic acids is 1. The van der Waals surface area contributed by atoms with Gasteiger partial charge >= 0.3 is 5.97 Å². The normalized spacial score (nSPS) is 11.7. The van der Waals surface area contributed by atoms with Crippen LogP contribution in [0.4, 0.5) is 0 Å². The number of ether oxygens (including phenoxy) is 1. The Morgan fingerprint density at radius 1 is 1.23 bits per heavy atom. The van der Waals surface area contributed by atoms with Crippen LogP contribution in [0.15, 0.2) is 42.7 Å². The molecule has 136 valence electrons. The van der Waals surface area contributed by atoms with Crippen molar-refractivity contribution in [2.75, 3.05) is 0 Å². The molecule has 3 rings (SSSR count). The molecule has 1 aromatic carbocycles. The summed E-state index contributed by atoms with van der Waals surface area (Å²) in [6.07, 6.45) is 4.60. The second kappa shape index (κ2) is 6.83. The summed E-state index contributed by atoms with van der Waals surface area (Å²) < 4.78 is 8.01. The number of carboxylic acids is 1. The predicted molar refractivity (Wildman–Crippen MR) is 103 cm³/mol. The standard InChI is InChI=1S/C21H24N2O3/c1-5-12-23-14(2)19(15-8-10-22-11-9-15)17-7-6-16(13-18(17)23)26-21(3,4)20(24)25/h6-11,13H,5,12H2,1-4H3,(H,24,25). The molecule has 0 spiro atoms. The largest absolute Gasteiger partial charge is 0.478 e. The topological polar surface area (TPSA) is 64.4 Å². The molecule has 0 saturated heterocycles. The third-order valence-corrected chi connectivity index (χ3v) is 4.60. The molecule has 0 radical (unpaired) electrons. The van der Waals surface area contributed by atoms with Crippen molar-refractivity contribution in [3.05, 3.63) is 48.4 Å². The van der Waals surface area contributed by atoms with Gasteiger partial charge in [-0.25, -0.2) is 4.79 Å². The van der Waals surface area contributed by atoms with Crippen LogP contribution in [0.5, 0.6) is 5.75 Å². The summed E-state index contributed by atoms with van der Waals surface area (Å²) in [7, 11) is 0. The SMILES string of the molecule is CCCn1c(C)c(-c2ccncc2)c2ccc(OC(C)(C)C(=O)O)cc21. The van der Waals surface area contributed by atoms with Gasteiger partial charge in [-0.3, -0.25) is 4.98 Å². The highest BCUT2D eigenvalue weighted by molar-refractivity contribution is 5.98. The number of nitrogens with zero attached hydrogens (tertiary/aromatic N) is 2. The number of hydrogen-bond acceptors (Lipinski definition) is 3. The molecule has 1 N–H and O–H groups in total. The molecule has 0 saturated carbocycles. The van der Waals surface area contributed by atoms with E-state index < -0.39 is 11.6 Å². The number of aromatic nitrogens is 2. The van der Waals surface area contributed by atoms with Gasteiger partial charge in [0.05, 0.1) is 5.52 Å². The molecule has 0 bridgehead atoms. The Kier molecular flexibility index (Phi) is 4.72. The van der Waals surface area contributed by atoms with Crippen molar-refractivity contribution >= 4 is 16.9 Å². The Morgan fingerprint density at radius 3 is 2.54 bits per heavy atom. The quantitative estimate of drug-likeness (QED) is 0.700. The maximum atomic E-state index is 11.4. The number of fused-ring (bicyclic) bond motifs is 1. The van der Waals surface area contributed by atoms with Crippen LogP contribution in [0.2, 0.25) is 0 Å². The number of hydrogen-bond donors (Lipinski definition) is 1. The fraction of sp³-hybridized carbons (Fsp3) is 0.333. The van der Waals surface area contributed by atoms with E-state index in [0.717, 1.165) is 29.4 Å². The van der Waals surface area contributed by atoms with Gasteiger partial charge in [0.2, 0.25) is 0 Å². The smallest absolute Gasteiger partial charge is 0.347 e. The van der Waals surface area contributed by atoms with Crippen LogP contribution in [-0.4, -0.2) is 26.2 Å². The van der Waals surface area contributed by atoms with E-state index in [2.05, 4.69) is 23.4 Å². The fourth-order valence-corrected chi connectivity index (χ4v) is 3.25.